The van der Waals surface area contributed by atoms with E-state index in [1.165, 1.54) is 0 Å². The minimum atomic E-state index is -0.106. The number of nitrogens with one attached hydrogen (secondary N) is 2. The zero-order valence-electron chi connectivity index (χ0n) is 15.4. The first-order chi connectivity index (χ1) is 12.8. The van der Waals surface area contributed by atoms with Crippen molar-refractivity contribution in [1.29, 1.82) is 0 Å². The standard InChI is InChI=1S/C18H29N7O/c1-2-19-18(20-9-5-10-24-12-7-15(26)8-13-24)21-14-17-23-22-16-6-3-4-11-25(16)17/h3-4,6,11,15,26H,2,5,7-10,12-14H2,1H3,(H2,19,20,21). The highest BCUT2D eigenvalue weighted by Gasteiger charge is 2.16. The topological polar surface area (TPSA) is 90.1 Å². The first-order valence-corrected chi connectivity index (χ1v) is 9.47. The lowest BCUT2D eigenvalue weighted by molar-refractivity contribution is 0.0823. The van der Waals surface area contributed by atoms with E-state index < -0.39 is 0 Å². The van der Waals surface area contributed by atoms with Gasteiger partial charge in [0.15, 0.2) is 17.4 Å². The normalized spacial score (nSPS) is 16.9. The zero-order chi connectivity index (χ0) is 18.2. The van der Waals surface area contributed by atoms with Crippen LogP contribution in [-0.2, 0) is 6.54 Å². The molecule has 2 aromatic rings. The molecule has 3 heterocycles. The molecular weight excluding hydrogens is 330 g/mol. The number of guanidine groups is 1. The Kier molecular flexibility index (Phi) is 6.79. The summed E-state index contributed by atoms with van der Waals surface area (Å²) in [6, 6.07) is 5.85. The van der Waals surface area contributed by atoms with Gasteiger partial charge in [0.2, 0.25) is 0 Å². The summed E-state index contributed by atoms with van der Waals surface area (Å²) < 4.78 is 1.96. The van der Waals surface area contributed by atoms with E-state index in [1.54, 1.807) is 0 Å². The van der Waals surface area contributed by atoms with Crippen molar-refractivity contribution in [2.75, 3.05) is 32.7 Å². The molecular formula is C18H29N7O. The molecule has 8 nitrogen and oxygen atoms in total. The van der Waals surface area contributed by atoms with Crippen LogP contribution in [-0.4, -0.2) is 69.4 Å². The average Bonchev–Trinajstić information content (AvgIpc) is 3.08. The highest BCUT2D eigenvalue weighted by Crippen LogP contribution is 2.09. The van der Waals surface area contributed by atoms with Crippen molar-refractivity contribution in [3.8, 4) is 0 Å². The van der Waals surface area contributed by atoms with Gasteiger partial charge < -0.3 is 20.6 Å². The summed E-state index contributed by atoms with van der Waals surface area (Å²) in [5.41, 5.74) is 0.835. The number of pyridine rings is 1. The molecule has 2 aromatic heterocycles. The predicted octanol–water partition coefficient (Wildman–Crippen LogP) is 0.631. The number of aromatic nitrogens is 3. The Morgan fingerprint density at radius 2 is 2.12 bits per heavy atom. The molecule has 0 saturated carbocycles. The molecule has 0 atom stereocenters. The van der Waals surface area contributed by atoms with E-state index >= 15 is 0 Å². The molecule has 0 spiro atoms. The second-order valence-corrected chi connectivity index (χ2v) is 6.59. The quantitative estimate of drug-likeness (QED) is 0.382. The SMILES string of the molecule is CCNC(=NCc1nnc2ccccn12)NCCCN1CCC(O)CC1. The van der Waals surface area contributed by atoms with Crippen molar-refractivity contribution in [3.05, 3.63) is 30.2 Å². The second kappa shape index (κ2) is 9.49. The molecule has 0 aromatic carbocycles. The third-order valence-electron chi connectivity index (χ3n) is 4.61. The number of hydrogen-bond acceptors (Lipinski definition) is 5. The number of aliphatic hydroxyl groups is 1. The summed E-state index contributed by atoms with van der Waals surface area (Å²) in [6.07, 6.45) is 4.68. The van der Waals surface area contributed by atoms with Crippen molar-refractivity contribution < 1.29 is 5.11 Å². The molecule has 0 radical (unpaired) electrons. The predicted molar refractivity (Wildman–Crippen MR) is 102 cm³/mol. The van der Waals surface area contributed by atoms with Crippen LogP contribution in [0.2, 0.25) is 0 Å². The van der Waals surface area contributed by atoms with E-state index in [0.717, 1.165) is 69.4 Å². The Labute approximate surface area is 154 Å². The minimum absolute atomic E-state index is 0.106. The van der Waals surface area contributed by atoms with Gasteiger partial charge in [-0.25, -0.2) is 4.99 Å². The first-order valence-electron chi connectivity index (χ1n) is 9.47. The van der Waals surface area contributed by atoms with Crippen molar-refractivity contribution in [3.63, 3.8) is 0 Å². The molecule has 142 valence electrons. The van der Waals surface area contributed by atoms with E-state index in [2.05, 4.69) is 37.6 Å². The lowest BCUT2D eigenvalue weighted by atomic mass is 10.1. The van der Waals surface area contributed by atoms with Crippen molar-refractivity contribution in [1.82, 2.24) is 30.1 Å². The molecule has 0 bridgehead atoms. The van der Waals surface area contributed by atoms with Crippen LogP contribution in [0.1, 0.15) is 32.0 Å². The molecule has 3 rings (SSSR count). The molecule has 1 saturated heterocycles. The van der Waals surface area contributed by atoms with Gasteiger partial charge in [0.25, 0.3) is 0 Å². The van der Waals surface area contributed by atoms with E-state index in [4.69, 9.17) is 0 Å². The molecule has 26 heavy (non-hydrogen) atoms. The summed E-state index contributed by atoms with van der Waals surface area (Å²) in [5, 5.41) is 24.6. The Hall–Kier alpha value is -2.19. The Bertz CT molecular complexity index is 706. The largest absolute Gasteiger partial charge is 0.393 e. The molecule has 0 amide bonds. The first kappa shape index (κ1) is 18.6. The van der Waals surface area contributed by atoms with E-state index in [0.29, 0.717) is 6.54 Å². The summed E-state index contributed by atoms with van der Waals surface area (Å²) >= 11 is 0. The second-order valence-electron chi connectivity index (χ2n) is 6.59. The number of aliphatic imine (C=N–C) groups is 1. The van der Waals surface area contributed by atoms with E-state index in [1.807, 2.05) is 28.8 Å². The van der Waals surface area contributed by atoms with Crippen LogP contribution in [0, 0.1) is 0 Å². The van der Waals surface area contributed by atoms with Crippen molar-refractivity contribution in [2.45, 2.75) is 38.8 Å². The number of fused-ring (bicyclic) bond motifs is 1. The smallest absolute Gasteiger partial charge is 0.191 e. The van der Waals surface area contributed by atoms with Crippen molar-refractivity contribution >= 4 is 11.6 Å². The van der Waals surface area contributed by atoms with Crippen LogP contribution >= 0.6 is 0 Å². The fourth-order valence-electron chi connectivity index (χ4n) is 3.14. The molecule has 0 unspecified atom stereocenters. The lowest BCUT2D eigenvalue weighted by Crippen LogP contribution is -2.40. The fourth-order valence-corrected chi connectivity index (χ4v) is 3.14. The van der Waals surface area contributed by atoms with Gasteiger partial charge in [0.1, 0.15) is 6.54 Å². The van der Waals surface area contributed by atoms with Crippen LogP contribution in [0.5, 0.6) is 0 Å². The highest BCUT2D eigenvalue weighted by atomic mass is 16.3. The van der Waals surface area contributed by atoms with Gasteiger partial charge in [0.05, 0.1) is 6.10 Å². The van der Waals surface area contributed by atoms with Crippen LogP contribution in [0.4, 0.5) is 0 Å². The maximum atomic E-state index is 9.56. The van der Waals surface area contributed by atoms with Gasteiger partial charge in [-0.2, -0.15) is 0 Å². The zero-order valence-corrected chi connectivity index (χ0v) is 15.4. The summed E-state index contributed by atoms with van der Waals surface area (Å²) in [7, 11) is 0. The third kappa shape index (κ3) is 5.15. The Morgan fingerprint density at radius 3 is 2.92 bits per heavy atom. The van der Waals surface area contributed by atoms with Gasteiger partial charge in [-0.15, -0.1) is 10.2 Å². The summed E-state index contributed by atoms with van der Waals surface area (Å²) in [5.74, 6) is 1.62. The number of nitrogens with zero attached hydrogens (tertiary/aromatic N) is 5. The average molecular weight is 359 g/mol. The third-order valence-corrected chi connectivity index (χ3v) is 4.61. The Balaban J connectivity index is 1.46. The van der Waals surface area contributed by atoms with E-state index in [-0.39, 0.29) is 6.10 Å². The lowest BCUT2D eigenvalue weighted by Gasteiger charge is -2.29. The van der Waals surface area contributed by atoms with Gasteiger partial charge in [0, 0.05) is 32.4 Å². The molecule has 1 aliphatic rings. The van der Waals surface area contributed by atoms with E-state index in [9.17, 15) is 5.11 Å². The molecule has 0 aliphatic carbocycles. The number of piperidine rings is 1. The Morgan fingerprint density at radius 1 is 1.27 bits per heavy atom. The summed E-state index contributed by atoms with van der Waals surface area (Å²) in [4.78, 5) is 7.04. The molecule has 1 aliphatic heterocycles. The number of hydrogen-bond donors (Lipinski definition) is 3. The van der Waals surface area contributed by atoms with Gasteiger partial charge in [-0.3, -0.25) is 4.40 Å². The number of aliphatic hydroxyl groups excluding tert-OH is 1. The molecule has 1 fully saturated rings. The molecule has 8 heteroatoms. The minimum Gasteiger partial charge on any atom is -0.393 e. The highest BCUT2D eigenvalue weighted by molar-refractivity contribution is 5.79. The fraction of sp³-hybridized carbons (Fsp3) is 0.611. The van der Waals surface area contributed by atoms with Gasteiger partial charge in [-0.1, -0.05) is 6.07 Å². The van der Waals surface area contributed by atoms with Crippen LogP contribution in [0.3, 0.4) is 0 Å². The number of likely N-dealkylation sites (tertiary alicyclic amines) is 1. The number of rotatable bonds is 7. The van der Waals surface area contributed by atoms with Crippen LogP contribution < -0.4 is 10.6 Å². The van der Waals surface area contributed by atoms with Gasteiger partial charge in [-0.05, 0) is 44.9 Å². The van der Waals surface area contributed by atoms with Gasteiger partial charge >= 0.3 is 0 Å². The maximum absolute atomic E-state index is 9.56. The van der Waals surface area contributed by atoms with Crippen LogP contribution in [0.15, 0.2) is 29.4 Å². The monoisotopic (exact) mass is 359 g/mol. The van der Waals surface area contributed by atoms with Crippen molar-refractivity contribution in [2.24, 2.45) is 4.99 Å². The maximum Gasteiger partial charge on any atom is 0.191 e. The molecule has 3 N–H and O–H groups in total. The van der Waals surface area contributed by atoms with Crippen LogP contribution in [0.25, 0.3) is 5.65 Å². The summed E-state index contributed by atoms with van der Waals surface area (Å²) in [6.45, 7) is 7.26.